The van der Waals surface area contributed by atoms with Crippen molar-refractivity contribution in [2.24, 2.45) is 0 Å². The Balaban J connectivity index is 1.65. The smallest absolute Gasteiger partial charge is 0.320 e. The first-order valence-electron chi connectivity index (χ1n) is 8.54. The van der Waals surface area contributed by atoms with Crippen LogP contribution in [0.2, 0.25) is 0 Å². The highest BCUT2D eigenvalue weighted by Gasteiger charge is 2.16. The molecule has 30 heavy (non-hydrogen) atoms. The Kier molecular flexibility index (Phi) is 6.31. The Bertz CT molecular complexity index is 1230. The van der Waals surface area contributed by atoms with E-state index in [-0.39, 0.29) is 5.17 Å². The van der Waals surface area contributed by atoms with Gasteiger partial charge in [0.2, 0.25) is 5.82 Å². The average molecular weight is 551 g/mol. The molecule has 0 saturated heterocycles. The van der Waals surface area contributed by atoms with Gasteiger partial charge in [-0.1, -0.05) is 9.78 Å². The Morgan fingerprint density at radius 2 is 2.10 bits per heavy atom. The predicted molar refractivity (Wildman–Crippen MR) is 125 cm³/mol. The molecule has 3 heterocycles. The first-order chi connectivity index (χ1) is 14.5. The van der Waals surface area contributed by atoms with E-state index in [1.165, 1.54) is 28.2 Å². The average Bonchev–Trinajstić information content (AvgIpc) is 3.17. The summed E-state index contributed by atoms with van der Waals surface area (Å²) in [6.45, 7) is 0.600. The molecule has 0 aliphatic carbocycles. The molecule has 1 aromatic carbocycles. The van der Waals surface area contributed by atoms with E-state index in [2.05, 4.69) is 46.7 Å². The number of pyridine rings is 1. The zero-order chi connectivity index (χ0) is 21.1. The van der Waals surface area contributed by atoms with Crippen molar-refractivity contribution in [3.05, 3.63) is 48.9 Å². The number of hydrogen-bond donors (Lipinski definition) is 4. The van der Waals surface area contributed by atoms with Crippen LogP contribution < -0.4 is 19.7 Å². The molecule has 0 atom stereocenters. The Morgan fingerprint density at radius 3 is 2.93 bits per heavy atom. The van der Waals surface area contributed by atoms with E-state index in [1.54, 1.807) is 24.7 Å². The molecule has 4 rings (SSSR count). The van der Waals surface area contributed by atoms with E-state index in [4.69, 9.17) is 16.9 Å². The molecule has 0 aliphatic rings. The molecule has 0 spiro atoms. The number of thioether (sulfide) groups is 1. The van der Waals surface area contributed by atoms with E-state index < -0.39 is 0 Å². The summed E-state index contributed by atoms with van der Waals surface area (Å²) < 4.78 is 6.29. The van der Waals surface area contributed by atoms with Gasteiger partial charge < -0.3 is 11.5 Å². The molecule has 0 radical (unpaired) electrons. The lowest BCUT2D eigenvalue weighted by Crippen LogP contribution is -2.46. The van der Waals surface area contributed by atoms with E-state index in [0.29, 0.717) is 18.3 Å². The highest BCUT2D eigenvalue weighted by Crippen LogP contribution is 2.33. The van der Waals surface area contributed by atoms with Crippen LogP contribution in [0.1, 0.15) is 0 Å². The van der Waals surface area contributed by atoms with Gasteiger partial charge in [-0.05, 0) is 53.9 Å². The fourth-order valence-electron chi connectivity index (χ4n) is 2.61. The van der Waals surface area contributed by atoms with Gasteiger partial charge in [0.15, 0.2) is 11.0 Å². The minimum Gasteiger partial charge on any atom is -0.381 e. The SMILES string of the molecule is N=C(Sc1ccc2nccc(Sc3nncn3CNI)c2c1)[n+]1nc(N)ccc1N. The molecule has 13 heteroatoms. The van der Waals surface area contributed by atoms with Crippen LogP contribution in [-0.4, -0.2) is 30.0 Å². The third-order valence-electron chi connectivity index (χ3n) is 3.98. The first-order valence-corrected chi connectivity index (χ1v) is 11.3. The van der Waals surface area contributed by atoms with Crippen molar-refractivity contribution in [2.45, 2.75) is 21.6 Å². The second-order valence-electron chi connectivity index (χ2n) is 5.97. The number of rotatable bonds is 5. The molecular weight excluding hydrogens is 535 g/mol. The second-order valence-corrected chi connectivity index (χ2v) is 8.80. The monoisotopic (exact) mass is 551 g/mol. The number of nitrogen functional groups attached to an aromatic ring is 2. The normalized spacial score (nSPS) is 11.1. The van der Waals surface area contributed by atoms with Crippen LogP contribution in [0.4, 0.5) is 11.6 Å². The zero-order valence-corrected chi connectivity index (χ0v) is 19.1. The lowest BCUT2D eigenvalue weighted by Gasteiger charge is -2.08. The summed E-state index contributed by atoms with van der Waals surface area (Å²) in [6, 6.07) is 11.0. The maximum absolute atomic E-state index is 8.38. The lowest BCUT2D eigenvalue weighted by atomic mass is 10.2. The van der Waals surface area contributed by atoms with Crippen LogP contribution in [0.15, 0.2) is 63.9 Å². The molecule has 10 nitrogen and oxygen atoms in total. The van der Waals surface area contributed by atoms with Crippen molar-refractivity contribution in [3.63, 3.8) is 0 Å². The highest BCUT2D eigenvalue weighted by atomic mass is 127. The molecule has 0 fully saturated rings. The maximum Gasteiger partial charge on any atom is 0.320 e. The van der Waals surface area contributed by atoms with Gasteiger partial charge >= 0.3 is 5.17 Å². The predicted octanol–water partition coefficient (Wildman–Crippen LogP) is 2.30. The van der Waals surface area contributed by atoms with Gasteiger partial charge in [0, 0.05) is 50.3 Å². The maximum atomic E-state index is 8.38. The van der Waals surface area contributed by atoms with Crippen LogP contribution in [0.3, 0.4) is 0 Å². The number of anilines is 2. The van der Waals surface area contributed by atoms with Crippen molar-refractivity contribution in [3.8, 4) is 0 Å². The number of fused-ring (bicyclic) bond motifs is 1. The minimum atomic E-state index is 0.144. The van der Waals surface area contributed by atoms with Crippen molar-refractivity contribution >= 4 is 74.1 Å². The molecule has 152 valence electrons. The zero-order valence-electron chi connectivity index (χ0n) is 15.4. The fourth-order valence-corrected chi connectivity index (χ4v) is 4.66. The molecule has 0 amide bonds. The number of nitrogens with one attached hydrogen (secondary N) is 2. The van der Waals surface area contributed by atoms with E-state index in [0.717, 1.165) is 25.9 Å². The molecular formula is C17H16IN10S2+. The summed E-state index contributed by atoms with van der Waals surface area (Å²) in [5.41, 5.74) is 12.5. The molecule has 0 unspecified atom stereocenters. The van der Waals surface area contributed by atoms with E-state index in [9.17, 15) is 0 Å². The van der Waals surface area contributed by atoms with Gasteiger partial charge in [-0.25, -0.2) is 3.53 Å². The van der Waals surface area contributed by atoms with Crippen molar-refractivity contribution in [1.29, 1.82) is 5.41 Å². The third kappa shape index (κ3) is 4.48. The Morgan fingerprint density at radius 1 is 1.23 bits per heavy atom. The summed E-state index contributed by atoms with van der Waals surface area (Å²) in [4.78, 5) is 6.29. The summed E-state index contributed by atoms with van der Waals surface area (Å²) >= 11 is 4.82. The van der Waals surface area contributed by atoms with Crippen LogP contribution in [0, 0.1) is 5.41 Å². The number of benzene rings is 1. The Hall–Kier alpha value is -2.49. The third-order valence-corrected chi connectivity index (χ3v) is 6.25. The van der Waals surface area contributed by atoms with Crippen LogP contribution in [-0.2, 0) is 6.67 Å². The van der Waals surface area contributed by atoms with Crippen LogP contribution >= 0.6 is 46.4 Å². The quantitative estimate of drug-likeness (QED) is 0.0732. The number of halogens is 1. The number of aromatic nitrogens is 6. The number of hydrogen-bond acceptors (Lipinski definition) is 10. The van der Waals surface area contributed by atoms with Gasteiger partial charge in [0.1, 0.15) is 6.33 Å². The topological polar surface area (TPSA) is 148 Å². The van der Waals surface area contributed by atoms with Crippen molar-refractivity contribution in [2.75, 3.05) is 11.5 Å². The summed E-state index contributed by atoms with van der Waals surface area (Å²) in [5, 5.41) is 22.5. The molecule has 0 aliphatic heterocycles. The Labute approximate surface area is 193 Å². The van der Waals surface area contributed by atoms with E-state index >= 15 is 0 Å². The minimum absolute atomic E-state index is 0.144. The first kappa shape index (κ1) is 20.8. The lowest BCUT2D eigenvalue weighted by molar-refractivity contribution is -0.601. The van der Waals surface area contributed by atoms with Crippen LogP contribution in [0.5, 0.6) is 0 Å². The number of nitrogens with zero attached hydrogens (tertiary/aromatic N) is 6. The van der Waals surface area contributed by atoms with Gasteiger partial charge in [0.05, 0.1) is 12.2 Å². The summed E-state index contributed by atoms with van der Waals surface area (Å²) in [5.74, 6) is 0.629. The van der Waals surface area contributed by atoms with Crippen molar-refractivity contribution in [1.82, 2.24) is 28.4 Å². The van der Waals surface area contributed by atoms with Gasteiger partial charge in [-0.15, -0.1) is 10.2 Å². The van der Waals surface area contributed by atoms with Gasteiger partial charge in [0.25, 0.3) is 0 Å². The fraction of sp³-hybridized carbons (Fsp3) is 0.0588. The largest absolute Gasteiger partial charge is 0.381 e. The molecule has 3 aromatic heterocycles. The summed E-state index contributed by atoms with van der Waals surface area (Å²) in [6.07, 6.45) is 3.45. The van der Waals surface area contributed by atoms with E-state index in [1.807, 2.05) is 28.8 Å². The summed E-state index contributed by atoms with van der Waals surface area (Å²) in [7, 11) is 0. The molecule has 6 N–H and O–H groups in total. The number of nitrogens with two attached hydrogens (primary N) is 2. The molecule has 0 bridgehead atoms. The molecule has 0 saturated carbocycles. The van der Waals surface area contributed by atoms with Crippen LogP contribution in [0.25, 0.3) is 10.9 Å². The second kappa shape index (κ2) is 9.11. The molecule has 4 aromatic rings. The highest BCUT2D eigenvalue weighted by molar-refractivity contribution is 14.1. The van der Waals surface area contributed by atoms with Gasteiger partial charge in [-0.2, -0.15) is 5.41 Å². The standard InChI is InChI=1S/C17H15IN10S2/c18-23-8-27-9-24-25-17(27)30-13-5-6-22-12-2-1-10(7-11(12)13)29-16(21)28-15(20)4-3-14(19)26-28/h1-7,9,20-21,23H,8H2,(H2,19,26)/p+1. The van der Waals surface area contributed by atoms with Gasteiger partial charge in [-0.3, -0.25) is 9.55 Å². The van der Waals surface area contributed by atoms with Crippen molar-refractivity contribution < 1.29 is 4.68 Å².